The number of fused-ring (bicyclic) bond motifs is 5. The number of hydrogen-bond donors (Lipinski definition) is 1. The van der Waals surface area contributed by atoms with Gasteiger partial charge in [-0.15, -0.1) is 11.3 Å². The van der Waals surface area contributed by atoms with E-state index in [4.69, 9.17) is 4.74 Å². The molecular weight excluding hydrogens is 454 g/mol. The van der Waals surface area contributed by atoms with E-state index in [9.17, 15) is 19.2 Å². The molecule has 2 fully saturated rings. The fourth-order valence-electron chi connectivity index (χ4n) is 5.70. The molecular formula is C25H27N3O5S. The molecule has 5 rings (SSSR count). The van der Waals surface area contributed by atoms with Crippen LogP contribution in [-0.2, 0) is 14.3 Å². The average molecular weight is 482 g/mol. The molecule has 3 atom stereocenters. The van der Waals surface area contributed by atoms with Crippen LogP contribution in [0.5, 0.6) is 0 Å². The molecule has 1 aromatic heterocycles. The van der Waals surface area contributed by atoms with Crippen molar-refractivity contribution < 1.29 is 23.9 Å². The highest BCUT2D eigenvalue weighted by Crippen LogP contribution is 2.49. The molecule has 9 heteroatoms. The molecule has 4 heterocycles. The van der Waals surface area contributed by atoms with Crippen molar-refractivity contribution in [2.24, 2.45) is 5.92 Å². The summed E-state index contributed by atoms with van der Waals surface area (Å²) in [5.41, 5.74) is 4.51. The second-order valence-electron chi connectivity index (χ2n) is 9.37. The highest BCUT2D eigenvalue weighted by atomic mass is 32.1. The third kappa shape index (κ3) is 3.10. The molecule has 2 aromatic rings. The second kappa shape index (κ2) is 7.94. The van der Waals surface area contributed by atoms with E-state index in [1.165, 1.54) is 12.0 Å². The van der Waals surface area contributed by atoms with Crippen molar-refractivity contribution in [2.45, 2.75) is 52.5 Å². The monoisotopic (exact) mass is 481 g/mol. The Labute approximate surface area is 201 Å². The van der Waals surface area contributed by atoms with E-state index < -0.39 is 17.8 Å². The summed E-state index contributed by atoms with van der Waals surface area (Å²) in [5, 5.41) is 3.48. The molecule has 8 nitrogen and oxygen atoms in total. The van der Waals surface area contributed by atoms with Crippen molar-refractivity contribution in [3.8, 4) is 0 Å². The van der Waals surface area contributed by atoms with Gasteiger partial charge in [-0.1, -0.05) is 17.7 Å². The molecule has 0 unspecified atom stereocenters. The van der Waals surface area contributed by atoms with Crippen molar-refractivity contribution in [2.75, 3.05) is 23.9 Å². The van der Waals surface area contributed by atoms with Crippen molar-refractivity contribution >= 4 is 45.8 Å². The highest BCUT2D eigenvalue weighted by Gasteiger charge is 2.57. The van der Waals surface area contributed by atoms with E-state index >= 15 is 0 Å². The molecule has 3 aliphatic rings. The molecule has 0 bridgehead atoms. The Morgan fingerprint density at radius 3 is 2.53 bits per heavy atom. The fourth-order valence-corrected chi connectivity index (χ4v) is 6.94. The number of nitrogens with one attached hydrogen (secondary N) is 1. The third-order valence-electron chi connectivity index (χ3n) is 7.40. The number of methoxy groups -OCH3 is 1. The van der Waals surface area contributed by atoms with Crippen LogP contribution < -0.4 is 10.2 Å². The largest absolute Gasteiger partial charge is 0.465 e. The number of carbonyl (C=O) groups excluding carboxylic acids is 4. The van der Waals surface area contributed by atoms with Gasteiger partial charge in [-0.2, -0.15) is 0 Å². The van der Waals surface area contributed by atoms with Crippen LogP contribution in [-0.4, -0.2) is 48.4 Å². The quantitative estimate of drug-likeness (QED) is 0.516. The Morgan fingerprint density at radius 2 is 1.82 bits per heavy atom. The van der Waals surface area contributed by atoms with Gasteiger partial charge in [0.1, 0.15) is 9.88 Å². The van der Waals surface area contributed by atoms with Gasteiger partial charge in [0.05, 0.1) is 18.9 Å². The zero-order chi connectivity index (χ0) is 24.5. The van der Waals surface area contributed by atoms with E-state index in [0.717, 1.165) is 28.9 Å². The predicted octanol–water partition coefficient (Wildman–Crippen LogP) is 4.05. The number of nitrogens with zero attached hydrogens (tertiary/aromatic N) is 2. The molecule has 34 heavy (non-hydrogen) atoms. The molecule has 1 N–H and O–H groups in total. The lowest BCUT2D eigenvalue weighted by Crippen LogP contribution is -2.47. The first-order chi connectivity index (χ1) is 16.1. The first kappa shape index (κ1) is 22.6. The van der Waals surface area contributed by atoms with Crippen LogP contribution in [0, 0.1) is 33.6 Å². The zero-order valence-corrected chi connectivity index (χ0v) is 20.7. The van der Waals surface area contributed by atoms with E-state index in [1.807, 2.05) is 32.9 Å². The third-order valence-corrected chi connectivity index (χ3v) is 8.76. The SMILES string of the molecule is COC(=O)c1sc(N2C(=O)[C@@H]3[C@H](C2=O)c2cc(C)cc(C)c2NC(=O)N2CCC[C@H]32)c(C)c1C. The van der Waals surface area contributed by atoms with Gasteiger partial charge in [-0.3, -0.25) is 9.59 Å². The van der Waals surface area contributed by atoms with Crippen LogP contribution in [0.1, 0.15) is 56.2 Å². The van der Waals surface area contributed by atoms with Gasteiger partial charge in [-0.25, -0.2) is 14.5 Å². The molecule has 178 valence electrons. The summed E-state index contributed by atoms with van der Waals surface area (Å²) >= 11 is 1.11. The number of amides is 4. The number of carbonyl (C=O) groups is 4. The van der Waals surface area contributed by atoms with Crippen LogP contribution >= 0.6 is 11.3 Å². The van der Waals surface area contributed by atoms with Crippen LogP contribution in [0.25, 0.3) is 0 Å². The summed E-state index contributed by atoms with van der Waals surface area (Å²) in [6.45, 7) is 7.99. The number of esters is 1. The normalized spacial score (nSPS) is 23.8. The number of imide groups is 1. The van der Waals surface area contributed by atoms with Crippen molar-refractivity contribution in [1.29, 1.82) is 0 Å². The zero-order valence-electron chi connectivity index (χ0n) is 19.9. The predicted molar refractivity (Wildman–Crippen MR) is 129 cm³/mol. The molecule has 1 aromatic carbocycles. The summed E-state index contributed by atoms with van der Waals surface area (Å²) in [4.78, 5) is 56.8. The topological polar surface area (TPSA) is 96.0 Å². The number of thiophene rings is 1. The fraction of sp³-hybridized carbons (Fsp3) is 0.440. The maximum absolute atomic E-state index is 14.0. The Kier molecular flexibility index (Phi) is 5.27. The summed E-state index contributed by atoms with van der Waals surface area (Å²) < 4.78 is 4.90. The van der Waals surface area contributed by atoms with Gasteiger partial charge in [0.15, 0.2) is 0 Å². The molecule has 0 radical (unpaired) electrons. The number of hydrogen-bond acceptors (Lipinski definition) is 6. The minimum Gasteiger partial charge on any atom is -0.465 e. The summed E-state index contributed by atoms with van der Waals surface area (Å²) in [5.74, 6) is -2.51. The van der Waals surface area contributed by atoms with Gasteiger partial charge in [0.2, 0.25) is 11.8 Å². The van der Waals surface area contributed by atoms with Crippen LogP contribution in [0.4, 0.5) is 15.5 Å². The maximum atomic E-state index is 14.0. The lowest BCUT2D eigenvalue weighted by atomic mass is 9.79. The van der Waals surface area contributed by atoms with Crippen LogP contribution in [0.2, 0.25) is 0 Å². The first-order valence-electron chi connectivity index (χ1n) is 11.4. The summed E-state index contributed by atoms with van der Waals surface area (Å²) in [6.07, 6.45) is 1.44. The van der Waals surface area contributed by atoms with Crippen molar-refractivity contribution in [3.05, 3.63) is 44.8 Å². The minimum absolute atomic E-state index is 0.232. The molecule has 0 saturated carbocycles. The van der Waals surface area contributed by atoms with Crippen LogP contribution in [0.15, 0.2) is 12.1 Å². The molecule has 0 spiro atoms. The molecule has 2 saturated heterocycles. The average Bonchev–Trinajstić information content (AvgIpc) is 3.44. The van der Waals surface area contributed by atoms with Gasteiger partial charge in [0.25, 0.3) is 0 Å². The smallest absolute Gasteiger partial charge is 0.348 e. The number of urea groups is 1. The van der Waals surface area contributed by atoms with Gasteiger partial charge < -0.3 is 15.0 Å². The molecule has 3 aliphatic heterocycles. The minimum atomic E-state index is -0.712. The Morgan fingerprint density at radius 1 is 1.09 bits per heavy atom. The first-order valence-corrected chi connectivity index (χ1v) is 12.2. The molecule has 4 amide bonds. The number of aryl methyl sites for hydroxylation is 2. The highest BCUT2D eigenvalue weighted by molar-refractivity contribution is 7.18. The number of ether oxygens (including phenoxy) is 1. The van der Waals surface area contributed by atoms with E-state index in [-0.39, 0.29) is 23.9 Å². The van der Waals surface area contributed by atoms with Gasteiger partial charge in [0, 0.05) is 18.3 Å². The Bertz CT molecular complexity index is 1270. The number of benzene rings is 1. The molecule has 0 aliphatic carbocycles. The van der Waals surface area contributed by atoms with E-state index in [1.54, 1.807) is 11.8 Å². The van der Waals surface area contributed by atoms with Crippen LogP contribution in [0.3, 0.4) is 0 Å². The van der Waals surface area contributed by atoms with Gasteiger partial charge >= 0.3 is 12.0 Å². The van der Waals surface area contributed by atoms with Crippen molar-refractivity contribution in [3.63, 3.8) is 0 Å². The Balaban J connectivity index is 1.71. The Hall–Kier alpha value is -3.20. The van der Waals surface area contributed by atoms with E-state index in [0.29, 0.717) is 45.2 Å². The summed E-state index contributed by atoms with van der Waals surface area (Å²) in [7, 11) is 1.31. The number of anilines is 2. The standard InChI is InChI=1S/C25H27N3O5S/c1-11-9-12(2)19-15(10-11)17-18(16-7-6-8-27(16)25(32)26-19)22(30)28(21(17)29)23-14(4)13(3)20(34-23)24(31)33-5/h9-10,16-18H,6-8H2,1-5H3,(H,26,32)/t16-,17-,18+/m1/s1. The lowest BCUT2D eigenvalue weighted by Gasteiger charge is -2.34. The van der Waals surface area contributed by atoms with Gasteiger partial charge in [-0.05, 0) is 62.8 Å². The second-order valence-corrected chi connectivity index (χ2v) is 10.4. The summed E-state index contributed by atoms with van der Waals surface area (Å²) in [6, 6.07) is 3.28. The maximum Gasteiger partial charge on any atom is 0.348 e. The van der Waals surface area contributed by atoms with Crippen molar-refractivity contribution in [1.82, 2.24) is 4.90 Å². The van der Waals surface area contributed by atoms with E-state index in [2.05, 4.69) is 5.32 Å². The number of rotatable bonds is 2. The lowest BCUT2D eigenvalue weighted by molar-refractivity contribution is -0.122.